The maximum absolute atomic E-state index is 14.1. The number of hydrogen-bond acceptors (Lipinski definition) is 4. The van der Waals surface area contributed by atoms with Gasteiger partial charge in [-0.05, 0) is 49.4 Å². The second kappa shape index (κ2) is 7.44. The van der Waals surface area contributed by atoms with Crippen molar-refractivity contribution in [2.24, 2.45) is 0 Å². The largest absolute Gasteiger partial charge is 0.494 e. The second-order valence-electron chi connectivity index (χ2n) is 6.75. The highest BCUT2D eigenvalue weighted by atomic mass is 79.9. The van der Waals surface area contributed by atoms with E-state index in [4.69, 9.17) is 4.74 Å². The molecule has 1 N–H and O–H groups in total. The molecule has 1 aromatic heterocycles. The molecule has 0 bridgehead atoms. The van der Waals surface area contributed by atoms with Crippen LogP contribution in [0.5, 0.6) is 5.75 Å². The SMILES string of the molecule is COc1ccc(C(=O)[C@H]2CC(=O)Nc3c2c(C)nn3-c2ccc(Br)cc2)cc1F. The number of carbonyl (C=O) groups is 2. The number of nitrogens with zero attached hydrogens (tertiary/aromatic N) is 2. The van der Waals surface area contributed by atoms with Gasteiger partial charge in [-0.25, -0.2) is 9.07 Å². The average Bonchev–Trinajstić information content (AvgIpc) is 3.03. The lowest BCUT2D eigenvalue weighted by atomic mass is 9.85. The molecule has 0 aliphatic carbocycles. The van der Waals surface area contributed by atoms with Gasteiger partial charge in [-0.1, -0.05) is 15.9 Å². The number of aromatic nitrogens is 2. The van der Waals surface area contributed by atoms with Crippen molar-refractivity contribution in [3.8, 4) is 11.4 Å². The highest BCUT2D eigenvalue weighted by Crippen LogP contribution is 2.38. The Bertz CT molecular complexity index is 1120. The number of hydrogen-bond donors (Lipinski definition) is 1. The van der Waals surface area contributed by atoms with Gasteiger partial charge in [0.2, 0.25) is 5.91 Å². The lowest BCUT2D eigenvalue weighted by Crippen LogP contribution is -2.28. The molecule has 6 nitrogen and oxygen atoms in total. The van der Waals surface area contributed by atoms with Gasteiger partial charge in [0.15, 0.2) is 17.3 Å². The summed E-state index contributed by atoms with van der Waals surface area (Å²) >= 11 is 3.39. The number of benzene rings is 2. The van der Waals surface area contributed by atoms with Crippen molar-refractivity contribution in [1.29, 1.82) is 0 Å². The molecule has 8 heteroatoms. The van der Waals surface area contributed by atoms with E-state index in [1.54, 1.807) is 11.6 Å². The molecule has 148 valence electrons. The topological polar surface area (TPSA) is 73.2 Å². The molecule has 0 spiro atoms. The van der Waals surface area contributed by atoms with E-state index < -0.39 is 11.7 Å². The predicted molar refractivity (Wildman–Crippen MR) is 109 cm³/mol. The summed E-state index contributed by atoms with van der Waals surface area (Å²) in [4.78, 5) is 25.6. The van der Waals surface area contributed by atoms with Gasteiger partial charge in [0.05, 0.1) is 24.4 Å². The van der Waals surface area contributed by atoms with Crippen molar-refractivity contribution in [1.82, 2.24) is 9.78 Å². The number of aryl methyl sites for hydroxylation is 1. The minimum atomic E-state index is -0.740. The smallest absolute Gasteiger partial charge is 0.226 e. The molecule has 4 rings (SSSR count). The molecule has 1 atom stereocenters. The molecule has 1 amide bonds. The van der Waals surface area contributed by atoms with Gasteiger partial charge in [-0.15, -0.1) is 0 Å². The number of Topliss-reactive ketones (excluding diaryl/α,β-unsaturated/α-hetero) is 1. The first-order valence-corrected chi connectivity index (χ1v) is 9.71. The molecule has 2 aromatic carbocycles. The molecule has 1 aliphatic heterocycles. The van der Waals surface area contributed by atoms with E-state index in [1.807, 2.05) is 24.3 Å². The molecule has 3 aromatic rings. The summed E-state index contributed by atoms with van der Waals surface area (Å²) in [6.45, 7) is 1.79. The Kier molecular flexibility index (Phi) is 4.96. The van der Waals surface area contributed by atoms with E-state index in [2.05, 4.69) is 26.3 Å². The minimum Gasteiger partial charge on any atom is -0.494 e. The zero-order valence-corrected chi connectivity index (χ0v) is 17.3. The standard InChI is InChI=1S/C21H17BrFN3O3/c1-11-19-15(20(28)12-3-8-17(29-2)16(23)9-12)10-18(27)24-21(19)26(25-11)14-6-4-13(22)5-7-14/h3-9,15H,10H2,1-2H3,(H,24,27)/t15-/m0/s1. The average molecular weight is 458 g/mol. The lowest BCUT2D eigenvalue weighted by molar-refractivity contribution is -0.116. The quantitative estimate of drug-likeness (QED) is 0.589. The van der Waals surface area contributed by atoms with Crippen LogP contribution < -0.4 is 10.1 Å². The van der Waals surface area contributed by atoms with Gasteiger partial charge in [-0.3, -0.25) is 9.59 Å². The normalized spacial score (nSPS) is 15.6. The molecule has 0 unspecified atom stereocenters. The fourth-order valence-electron chi connectivity index (χ4n) is 3.56. The van der Waals surface area contributed by atoms with Crippen molar-refractivity contribution in [2.45, 2.75) is 19.3 Å². The van der Waals surface area contributed by atoms with Crippen LogP contribution in [0.4, 0.5) is 10.2 Å². The summed E-state index contributed by atoms with van der Waals surface area (Å²) in [5.41, 5.74) is 2.22. The minimum absolute atomic E-state index is 0.0215. The third kappa shape index (κ3) is 3.44. The Labute approximate surface area is 174 Å². The van der Waals surface area contributed by atoms with Crippen LogP contribution in [0.15, 0.2) is 46.9 Å². The van der Waals surface area contributed by atoms with Crippen LogP contribution in [0.2, 0.25) is 0 Å². The second-order valence-corrected chi connectivity index (χ2v) is 7.67. The first-order chi connectivity index (χ1) is 13.9. The Morgan fingerprint density at radius 1 is 1.28 bits per heavy atom. The van der Waals surface area contributed by atoms with E-state index in [0.717, 1.165) is 16.2 Å². The first-order valence-electron chi connectivity index (χ1n) is 8.92. The van der Waals surface area contributed by atoms with Crippen LogP contribution in [0.25, 0.3) is 5.69 Å². The zero-order chi connectivity index (χ0) is 20.7. The third-order valence-corrected chi connectivity index (χ3v) is 5.46. The zero-order valence-electron chi connectivity index (χ0n) is 15.7. The van der Waals surface area contributed by atoms with Gasteiger partial charge in [-0.2, -0.15) is 5.10 Å². The highest BCUT2D eigenvalue weighted by molar-refractivity contribution is 9.10. The fraction of sp³-hybridized carbons (Fsp3) is 0.190. The van der Waals surface area contributed by atoms with E-state index in [-0.39, 0.29) is 29.4 Å². The maximum atomic E-state index is 14.1. The number of carbonyl (C=O) groups excluding carboxylic acids is 2. The summed E-state index contributed by atoms with van der Waals surface area (Å²) in [6, 6.07) is 11.5. The summed E-state index contributed by atoms with van der Waals surface area (Å²) in [5.74, 6) is -1.46. The Balaban J connectivity index is 1.78. The van der Waals surface area contributed by atoms with Crippen LogP contribution in [0, 0.1) is 12.7 Å². The van der Waals surface area contributed by atoms with E-state index in [9.17, 15) is 14.0 Å². The predicted octanol–water partition coefficient (Wildman–Crippen LogP) is 4.40. The van der Waals surface area contributed by atoms with Gasteiger partial charge < -0.3 is 10.1 Å². The molecule has 0 saturated heterocycles. The number of nitrogens with one attached hydrogen (secondary N) is 1. The Hall–Kier alpha value is -3.00. The number of amides is 1. The molecule has 29 heavy (non-hydrogen) atoms. The van der Waals surface area contributed by atoms with Gasteiger partial charge in [0, 0.05) is 22.0 Å². The van der Waals surface area contributed by atoms with Crippen LogP contribution in [0.1, 0.15) is 34.0 Å². The number of ketones is 1. The number of ether oxygens (including phenoxy) is 1. The summed E-state index contributed by atoms with van der Waals surface area (Å²) < 4.78 is 21.6. The van der Waals surface area contributed by atoms with E-state index in [0.29, 0.717) is 17.1 Å². The van der Waals surface area contributed by atoms with Crippen LogP contribution >= 0.6 is 15.9 Å². The Morgan fingerprint density at radius 2 is 2.00 bits per heavy atom. The fourth-order valence-corrected chi connectivity index (χ4v) is 3.83. The molecule has 2 heterocycles. The molecule has 0 radical (unpaired) electrons. The van der Waals surface area contributed by atoms with Crippen LogP contribution in [-0.4, -0.2) is 28.6 Å². The number of methoxy groups -OCH3 is 1. The van der Waals surface area contributed by atoms with Crippen molar-refractivity contribution in [3.05, 3.63) is 69.6 Å². The van der Waals surface area contributed by atoms with Gasteiger partial charge in [0.25, 0.3) is 0 Å². The van der Waals surface area contributed by atoms with E-state index in [1.165, 1.54) is 19.2 Å². The maximum Gasteiger partial charge on any atom is 0.226 e. The first kappa shape index (κ1) is 19.3. The monoisotopic (exact) mass is 457 g/mol. The molecular formula is C21H17BrFN3O3. The molecule has 0 fully saturated rings. The summed E-state index contributed by atoms with van der Waals surface area (Å²) in [7, 11) is 1.36. The number of fused-ring (bicyclic) bond motifs is 1. The molecule has 0 saturated carbocycles. The van der Waals surface area contributed by atoms with Crippen molar-refractivity contribution < 1.29 is 18.7 Å². The van der Waals surface area contributed by atoms with Gasteiger partial charge in [0.1, 0.15) is 5.82 Å². The molecular weight excluding hydrogens is 441 g/mol. The van der Waals surface area contributed by atoms with Crippen molar-refractivity contribution in [2.75, 3.05) is 12.4 Å². The van der Waals surface area contributed by atoms with Crippen LogP contribution in [-0.2, 0) is 4.79 Å². The van der Waals surface area contributed by atoms with Crippen molar-refractivity contribution >= 4 is 33.4 Å². The Morgan fingerprint density at radius 3 is 2.66 bits per heavy atom. The number of anilines is 1. The van der Waals surface area contributed by atoms with Gasteiger partial charge >= 0.3 is 0 Å². The number of rotatable bonds is 4. The molecule has 1 aliphatic rings. The highest BCUT2D eigenvalue weighted by Gasteiger charge is 2.36. The third-order valence-electron chi connectivity index (χ3n) is 4.93. The van der Waals surface area contributed by atoms with E-state index >= 15 is 0 Å². The lowest BCUT2D eigenvalue weighted by Gasteiger charge is -2.23. The summed E-state index contributed by atoms with van der Waals surface area (Å²) in [5, 5.41) is 7.37. The van der Waals surface area contributed by atoms with Crippen LogP contribution in [0.3, 0.4) is 0 Å². The number of halogens is 2. The summed E-state index contributed by atoms with van der Waals surface area (Å²) in [6.07, 6.45) is -0.0215. The van der Waals surface area contributed by atoms with Crippen molar-refractivity contribution in [3.63, 3.8) is 0 Å².